The van der Waals surface area contributed by atoms with Gasteiger partial charge in [-0.15, -0.1) is 11.3 Å². The zero-order valence-electron chi connectivity index (χ0n) is 9.28. The maximum absolute atomic E-state index is 6.00. The molecule has 1 aromatic carbocycles. The maximum atomic E-state index is 6.00. The van der Waals surface area contributed by atoms with E-state index in [9.17, 15) is 0 Å². The molecule has 0 radical (unpaired) electrons. The number of aromatic nitrogens is 1. The molecule has 0 bridgehead atoms. The zero-order valence-corrected chi connectivity index (χ0v) is 11.6. The quantitative estimate of drug-likeness (QED) is 0.921. The molecule has 2 aromatic rings. The Kier molecular flexibility index (Phi) is 4.40. The van der Waals surface area contributed by atoms with Crippen LogP contribution in [0.5, 0.6) is 0 Å². The average Bonchev–Trinajstić information content (AvgIpc) is 2.84. The van der Waals surface area contributed by atoms with Crippen molar-refractivity contribution in [2.24, 2.45) is 0 Å². The van der Waals surface area contributed by atoms with Gasteiger partial charge < -0.3 is 5.32 Å². The third-order valence-electron chi connectivity index (χ3n) is 2.58. The Morgan fingerprint density at radius 2 is 2.18 bits per heavy atom. The third kappa shape index (κ3) is 3.19. The van der Waals surface area contributed by atoms with E-state index in [0.717, 1.165) is 17.7 Å². The SMILES string of the molecule is CNC(Cc1ccc(Cl)c(Cl)c1)c1cscn1. The number of nitrogens with one attached hydrogen (secondary N) is 1. The molecule has 0 saturated carbocycles. The van der Waals surface area contributed by atoms with Gasteiger partial charge in [0.1, 0.15) is 0 Å². The zero-order chi connectivity index (χ0) is 12.3. The number of likely N-dealkylation sites (N-methyl/N-ethyl adjacent to an activating group) is 1. The van der Waals surface area contributed by atoms with Crippen molar-refractivity contribution in [1.82, 2.24) is 10.3 Å². The molecular formula is C12H12Cl2N2S. The smallest absolute Gasteiger partial charge is 0.0795 e. The van der Waals surface area contributed by atoms with Gasteiger partial charge in [0.2, 0.25) is 0 Å². The molecule has 0 fully saturated rings. The molecule has 2 rings (SSSR count). The van der Waals surface area contributed by atoms with Crippen molar-refractivity contribution in [3.63, 3.8) is 0 Å². The highest BCUT2D eigenvalue weighted by Gasteiger charge is 2.12. The predicted octanol–water partition coefficient (Wildman–Crippen LogP) is 3.95. The van der Waals surface area contributed by atoms with E-state index in [1.807, 2.05) is 30.8 Å². The van der Waals surface area contributed by atoms with Crippen molar-refractivity contribution in [3.8, 4) is 0 Å². The third-order valence-corrected chi connectivity index (χ3v) is 3.92. The fourth-order valence-electron chi connectivity index (χ4n) is 1.65. The first-order valence-corrected chi connectivity index (χ1v) is 6.90. The molecule has 1 unspecified atom stereocenters. The molecule has 0 aliphatic carbocycles. The summed E-state index contributed by atoms with van der Waals surface area (Å²) in [6, 6.07) is 5.93. The van der Waals surface area contributed by atoms with E-state index >= 15 is 0 Å². The van der Waals surface area contributed by atoms with Gasteiger partial charge in [-0.3, -0.25) is 0 Å². The van der Waals surface area contributed by atoms with Crippen LogP contribution < -0.4 is 5.32 Å². The molecule has 2 nitrogen and oxygen atoms in total. The van der Waals surface area contributed by atoms with Gasteiger partial charge in [-0.25, -0.2) is 4.98 Å². The molecule has 17 heavy (non-hydrogen) atoms. The van der Waals surface area contributed by atoms with Crippen LogP contribution in [0.15, 0.2) is 29.1 Å². The number of hydrogen-bond acceptors (Lipinski definition) is 3. The van der Waals surface area contributed by atoms with E-state index in [-0.39, 0.29) is 6.04 Å². The summed E-state index contributed by atoms with van der Waals surface area (Å²) in [4.78, 5) is 4.32. The van der Waals surface area contributed by atoms with Crippen LogP contribution in [-0.4, -0.2) is 12.0 Å². The van der Waals surface area contributed by atoms with E-state index in [0.29, 0.717) is 10.0 Å². The lowest BCUT2D eigenvalue weighted by Gasteiger charge is -2.14. The number of halogens is 2. The normalized spacial score (nSPS) is 12.6. The first kappa shape index (κ1) is 12.8. The minimum absolute atomic E-state index is 0.207. The van der Waals surface area contributed by atoms with E-state index in [1.54, 1.807) is 11.3 Å². The van der Waals surface area contributed by atoms with E-state index in [1.165, 1.54) is 0 Å². The first-order chi connectivity index (χ1) is 8.20. The molecule has 1 atom stereocenters. The molecule has 0 aliphatic heterocycles. The lowest BCUT2D eigenvalue weighted by Crippen LogP contribution is -2.19. The van der Waals surface area contributed by atoms with Crippen molar-refractivity contribution in [2.75, 3.05) is 7.05 Å². The Morgan fingerprint density at radius 3 is 2.76 bits per heavy atom. The molecule has 1 aromatic heterocycles. The van der Waals surface area contributed by atoms with Gasteiger partial charge in [-0.05, 0) is 31.2 Å². The van der Waals surface area contributed by atoms with E-state index < -0.39 is 0 Å². The molecule has 0 saturated heterocycles. The van der Waals surface area contributed by atoms with Crippen LogP contribution in [0.4, 0.5) is 0 Å². The highest BCUT2D eigenvalue weighted by atomic mass is 35.5. The van der Waals surface area contributed by atoms with E-state index in [4.69, 9.17) is 23.2 Å². The number of benzene rings is 1. The Bertz CT molecular complexity index is 485. The summed E-state index contributed by atoms with van der Waals surface area (Å²) in [5, 5.41) is 6.49. The fourth-order valence-corrected chi connectivity index (χ4v) is 2.58. The molecule has 0 aliphatic rings. The molecule has 1 heterocycles. The summed E-state index contributed by atoms with van der Waals surface area (Å²) < 4.78 is 0. The molecule has 0 spiro atoms. The molecule has 0 amide bonds. The average molecular weight is 287 g/mol. The van der Waals surface area contributed by atoms with Crippen molar-refractivity contribution in [3.05, 3.63) is 50.4 Å². The highest BCUT2D eigenvalue weighted by molar-refractivity contribution is 7.07. The van der Waals surface area contributed by atoms with Gasteiger partial charge in [0.15, 0.2) is 0 Å². The van der Waals surface area contributed by atoms with Crippen LogP contribution in [0.1, 0.15) is 17.3 Å². The molecule has 5 heteroatoms. The van der Waals surface area contributed by atoms with Gasteiger partial charge in [-0.2, -0.15) is 0 Å². The molecule has 90 valence electrons. The van der Waals surface area contributed by atoms with Gasteiger partial charge in [0.05, 0.1) is 27.3 Å². The summed E-state index contributed by atoms with van der Waals surface area (Å²) in [6.45, 7) is 0. The van der Waals surface area contributed by atoms with Gasteiger partial charge in [0.25, 0.3) is 0 Å². The fraction of sp³-hybridized carbons (Fsp3) is 0.250. The van der Waals surface area contributed by atoms with Crippen molar-refractivity contribution < 1.29 is 0 Å². The second-order valence-electron chi connectivity index (χ2n) is 3.71. The van der Waals surface area contributed by atoms with E-state index in [2.05, 4.69) is 15.7 Å². The standard InChI is InChI=1S/C12H12Cl2N2S/c1-15-11(12-6-17-7-16-12)5-8-2-3-9(13)10(14)4-8/h2-4,6-7,11,15H,5H2,1H3. The topological polar surface area (TPSA) is 24.9 Å². The minimum Gasteiger partial charge on any atom is -0.311 e. The number of nitrogens with zero attached hydrogens (tertiary/aromatic N) is 1. The highest BCUT2D eigenvalue weighted by Crippen LogP contribution is 2.25. The van der Waals surface area contributed by atoms with Crippen LogP contribution in [0.3, 0.4) is 0 Å². The predicted molar refractivity (Wildman–Crippen MR) is 74.1 cm³/mol. The minimum atomic E-state index is 0.207. The van der Waals surface area contributed by atoms with Gasteiger partial charge in [-0.1, -0.05) is 29.3 Å². The second kappa shape index (κ2) is 5.83. The van der Waals surface area contributed by atoms with Crippen LogP contribution >= 0.6 is 34.5 Å². The lowest BCUT2D eigenvalue weighted by atomic mass is 10.0. The van der Waals surface area contributed by atoms with Crippen LogP contribution in [0.2, 0.25) is 10.0 Å². The Hall–Kier alpha value is -0.610. The second-order valence-corrected chi connectivity index (χ2v) is 5.24. The van der Waals surface area contributed by atoms with Crippen molar-refractivity contribution in [1.29, 1.82) is 0 Å². The first-order valence-electron chi connectivity index (χ1n) is 5.20. The van der Waals surface area contributed by atoms with Crippen molar-refractivity contribution in [2.45, 2.75) is 12.5 Å². The Morgan fingerprint density at radius 1 is 1.35 bits per heavy atom. The van der Waals surface area contributed by atoms with Crippen LogP contribution in [0.25, 0.3) is 0 Å². The molecule has 1 N–H and O–H groups in total. The summed E-state index contributed by atoms with van der Waals surface area (Å²) >= 11 is 13.5. The van der Waals surface area contributed by atoms with Gasteiger partial charge >= 0.3 is 0 Å². The summed E-state index contributed by atoms with van der Waals surface area (Å²) in [7, 11) is 1.93. The monoisotopic (exact) mass is 286 g/mol. The van der Waals surface area contributed by atoms with Crippen LogP contribution in [-0.2, 0) is 6.42 Å². The summed E-state index contributed by atoms with van der Waals surface area (Å²) in [5.74, 6) is 0. The number of hydrogen-bond donors (Lipinski definition) is 1. The summed E-state index contributed by atoms with van der Waals surface area (Å²) in [5.41, 5.74) is 4.05. The number of rotatable bonds is 4. The Balaban J connectivity index is 2.16. The summed E-state index contributed by atoms with van der Waals surface area (Å²) in [6.07, 6.45) is 0.844. The number of thiazole rings is 1. The van der Waals surface area contributed by atoms with Crippen molar-refractivity contribution >= 4 is 34.5 Å². The maximum Gasteiger partial charge on any atom is 0.0795 e. The Labute approximate surface area is 115 Å². The molecular weight excluding hydrogens is 275 g/mol. The lowest BCUT2D eigenvalue weighted by molar-refractivity contribution is 0.579. The van der Waals surface area contributed by atoms with Gasteiger partial charge in [0, 0.05) is 5.38 Å². The van der Waals surface area contributed by atoms with Crippen LogP contribution in [0, 0.1) is 0 Å². The largest absolute Gasteiger partial charge is 0.311 e.